The Bertz CT molecular complexity index is 330. The smallest absolute Gasteiger partial charge is 0.0387 e. The van der Waals surface area contributed by atoms with Crippen molar-refractivity contribution in [3.63, 3.8) is 0 Å². The van der Waals surface area contributed by atoms with Crippen molar-refractivity contribution in [2.45, 2.75) is 25.7 Å². The van der Waals surface area contributed by atoms with Crippen molar-refractivity contribution in [2.24, 2.45) is 5.92 Å². The lowest BCUT2D eigenvalue weighted by atomic mass is 10.1. The van der Waals surface area contributed by atoms with Crippen LogP contribution in [0.4, 0.5) is 5.69 Å². The number of rotatable bonds is 2. The van der Waals surface area contributed by atoms with E-state index in [1.807, 2.05) is 18.2 Å². The van der Waals surface area contributed by atoms with Crippen LogP contribution in [0, 0.1) is 5.92 Å². The molecule has 3 heteroatoms. The molecular formula is C13H21NO2. The first kappa shape index (κ1) is 14.7. The Morgan fingerprint density at radius 2 is 1.69 bits per heavy atom. The topological polar surface area (TPSA) is 89.0 Å². The lowest BCUT2D eigenvalue weighted by Gasteiger charge is -2.02. The predicted octanol–water partition coefficient (Wildman–Crippen LogP) is 1.82. The highest BCUT2D eigenvalue weighted by molar-refractivity contribution is 5.64. The van der Waals surface area contributed by atoms with Crippen LogP contribution < -0.4 is 5.73 Å². The fraction of sp³-hybridized carbons (Fsp3) is 0.385. The number of nitrogens with two attached hydrogens (primary N) is 1. The molecule has 90 valence electrons. The van der Waals surface area contributed by atoms with Gasteiger partial charge in [-0.15, -0.1) is 0 Å². The van der Waals surface area contributed by atoms with Gasteiger partial charge in [0.15, 0.2) is 0 Å². The Labute approximate surface area is 96.6 Å². The summed E-state index contributed by atoms with van der Waals surface area (Å²) in [6.07, 6.45) is 9.97. The minimum Gasteiger partial charge on any atom is -0.412 e. The summed E-state index contributed by atoms with van der Waals surface area (Å²) in [5.41, 5.74) is 7.88. The van der Waals surface area contributed by atoms with E-state index in [1.54, 1.807) is 0 Å². The van der Waals surface area contributed by atoms with Crippen LogP contribution in [0.25, 0.3) is 6.08 Å². The van der Waals surface area contributed by atoms with Gasteiger partial charge in [-0.1, -0.05) is 43.2 Å². The van der Waals surface area contributed by atoms with Crippen LogP contribution in [0.2, 0.25) is 0 Å². The molecule has 1 fully saturated rings. The van der Waals surface area contributed by atoms with Crippen molar-refractivity contribution in [1.82, 2.24) is 0 Å². The molecule has 0 atom stereocenters. The second-order valence-corrected chi connectivity index (χ2v) is 4.03. The van der Waals surface area contributed by atoms with Gasteiger partial charge in [-0.3, -0.25) is 0 Å². The molecule has 16 heavy (non-hydrogen) atoms. The van der Waals surface area contributed by atoms with E-state index in [0.717, 1.165) is 17.2 Å². The first-order valence-corrected chi connectivity index (χ1v) is 5.39. The van der Waals surface area contributed by atoms with Crippen LogP contribution in [0.5, 0.6) is 0 Å². The van der Waals surface area contributed by atoms with E-state index in [4.69, 9.17) is 5.73 Å². The van der Waals surface area contributed by atoms with Crippen molar-refractivity contribution in [1.29, 1.82) is 0 Å². The molecule has 1 saturated carbocycles. The third kappa shape index (κ3) is 3.68. The number of hydrogen-bond acceptors (Lipinski definition) is 1. The normalized spacial score (nSPS) is 15.8. The summed E-state index contributed by atoms with van der Waals surface area (Å²) in [6.45, 7) is 0. The van der Waals surface area contributed by atoms with E-state index < -0.39 is 0 Å². The first-order valence-electron chi connectivity index (χ1n) is 5.39. The van der Waals surface area contributed by atoms with E-state index in [1.165, 1.54) is 25.7 Å². The Morgan fingerprint density at radius 1 is 1.06 bits per heavy atom. The molecule has 0 saturated heterocycles. The predicted molar refractivity (Wildman–Crippen MR) is 69.1 cm³/mol. The van der Waals surface area contributed by atoms with Gasteiger partial charge in [0.05, 0.1) is 0 Å². The van der Waals surface area contributed by atoms with Crippen molar-refractivity contribution < 1.29 is 11.0 Å². The van der Waals surface area contributed by atoms with Crippen LogP contribution in [0.1, 0.15) is 31.2 Å². The number of hydrogen-bond donors (Lipinski definition) is 1. The van der Waals surface area contributed by atoms with Crippen LogP contribution in [-0.2, 0) is 0 Å². The third-order valence-electron chi connectivity index (χ3n) is 2.94. The van der Waals surface area contributed by atoms with E-state index in [-0.39, 0.29) is 11.0 Å². The van der Waals surface area contributed by atoms with Crippen molar-refractivity contribution >= 4 is 11.8 Å². The molecule has 1 aromatic carbocycles. The molecule has 1 aliphatic carbocycles. The summed E-state index contributed by atoms with van der Waals surface area (Å²) >= 11 is 0. The maximum absolute atomic E-state index is 5.85. The summed E-state index contributed by atoms with van der Waals surface area (Å²) in [5, 5.41) is 0. The van der Waals surface area contributed by atoms with E-state index in [2.05, 4.69) is 18.2 Å². The third-order valence-corrected chi connectivity index (χ3v) is 2.94. The number of anilines is 1. The molecule has 6 N–H and O–H groups in total. The van der Waals surface area contributed by atoms with Crippen molar-refractivity contribution in [3.05, 3.63) is 35.9 Å². The van der Waals surface area contributed by atoms with Crippen LogP contribution in [-0.4, -0.2) is 11.0 Å². The molecule has 1 aromatic rings. The fourth-order valence-corrected chi connectivity index (χ4v) is 2.05. The molecule has 2 rings (SSSR count). The molecule has 0 amide bonds. The van der Waals surface area contributed by atoms with Crippen molar-refractivity contribution in [2.75, 3.05) is 5.73 Å². The molecule has 1 aliphatic rings. The van der Waals surface area contributed by atoms with Gasteiger partial charge in [-0.2, -0.15) is 0 Å². The van der Waals surface area contributed by atoms with Crippen molar-refractivity contribution in [3.8, 4) is 0 Å². The van der Waals surface area contributed by atoms with Gasteiger partial charge in [-0.25, -0.2) is 0 Å². The molecule has 0 spiro atoms. The van der Waals surface area contributed by atoms with Gasteiger partial charge in [-0.05, 0) is 30.4 Å². The summed E-state index contributed by atoms with van der Waals surface area (Å²) in [7, 11) is 0. The highest BCUT2D eigenvalue weighted by atomic mass is 16.0. The van der Waals surface area contributed by atoms with Gasteiger partial charge < -0.3 is 16.7 Å². The highest BCUT2D eigenvalue weighted by Gasteiger charge is 2.10. The zero-order valence-electron chi connectivity index (χ0n) is 9.45. The maximum atomic E-state index is 5.85. The summed E-state index contributed by atoms with van der Waals surface area (Å²) in [4.78, 5) is 0. The number of nitrogen functional groups attached to an aromatic ring is 1. The molecule has 0 unspecified atom stereocenters. The second-order valence-electron chi connectivity index (χ2n) is 4.03. The molecule has 0 bridgehead atoms. The Balaban J connectivity index is 0.00000112. The van der Waals surface area contributed by atoms with Crippen LogP contribution >= 0.6 is 0 Å². The van der Waals surface area contributed by atoms with Gasteiger partial charge in [0.25, 0.3) is 0 Å². The Kier molecular flexibility index (Phi) is 6.46. The second kappa shape index (κ2) is 7.04. The Morgan fingerprint density at radius 3 is 2.31 bits per heavy atom. The maximum Gasteiger partial charge on any atom is 0.0387 e. The number of allylic oxidation sites excluding steroid dienone is 1. The van der Waals surface area contributed by atoms with Crippen LogP contribution in [0.3, 0.4) is 0 Å². The number of para-hydroxylation sites is 1. The minimum atomic E-state index is 0. The molecule has 0 aromatic heterocycles. The van der Waals surface area contributed by atoms with E-state index >= 15 is 0 Å². The molecular weight excluding hydrogens is 202 g/mol. The molecule has 0 heterocycles. The highest BCUT2D eigenvalue weighted by Crippen LogP contribution is 2.26. The molecule has 3 nitrogen and oxygen atoms in total. The SMILES string of the molecule is Nc1ccccc1/C=C/C1CCCC1.O.O. The minimum absolute atomic E-state index is 0. The fourth-order valence-electron chi connectivity index (χ4n) is 2.05. The Hall–Kier alpha value is -1.32. The summed E-state index contributed by atoms with van der Waals surface area (Å²) < 4.78 is 0. The molecule has 0 radical (unpaired) electrons. The number of benzene rings is 1. The zero-order chi connectivity index (χ0) is 9.80. The molecule has 0 aliphatic heterocycles. The van der Waals surface area contributed by atoms with Crippen LogP contribution in [0.15, 0.2) is 30.3 Å². The van der Waals surface area contributed by atoms with Gasteiger partial charge in [0, 0.05) is 5.69 Å². The van der Waals surface area contributed by atoms with Gasteiger partial charge in [0.1, 0.15) is 0 Å². The zero-order valence-corrected chi connectivity index (χ0v) is 9.45. The quantitative estimate of drug-likeness (QED) is 0.761. The van der Waals surface area contributed by atoms with Gasteiger partial charge in [0.2, 0.25) is 0 Å². The monoisotopic (exact) mass is 223 g/mol. The lowest BCUT2D eigenvalue weighted by molar-refractivity contribution is 0.689. The standard InChI is InChI=1S/C13H17N.2H2O/c14-13-8-4-3-7-12(13)10-9-11-5-1-2-6-11;;/h3-4,7-11H,1-2,5-6,14H2;2*1H2/b10-9+;;. The average Bonchev–Trinajstić information content (AvgIpc) is 2.69. The largest absolute Gasteiger partial charge is 0.412 e. The first-order chi connectivity index (χ1) is 6.86. The summed E-state index contributed by atoms with van der Waals surface area (Å²) in [6, 6.07) is 8.03. The summed E-state index contributed by atoms with van der Waals surface area (Å²) in [5.74, 6) is 0.787. The average molecular weight is 223 g/mol. The van der Waals surface area contributed by atoms with E-state index in [0.29, 0.717) is 0 Å². The van der Waals surface area contributed by atoms with Gasteiger partial charge >= 0.3 is 0 Å². The lowest BCUT2D eigenvalue weighted by Crippen LogP contribution is -1.89. The van der Waals surface area contributed by atoms with E-state index in [9.17, 15) is 0 Å².